The molecule has 0 fully saturated rings. The van der Waals surface area contributed by atoms with E-state index in [1.165, 1.54) is 0 Å². The predicted molar refractivity (Wildman–Crippen MR) is 82.9 cm³/mol. The summed E-state index contributed by atoms with van der Waals surface area (Å²) in [7, 11) is 0. The summed E-state index contributed by atoms with van der Waals surface area (Å²) in [5, 5.41) is 16.0. The van der Waals surface area contributed by atoms with Crippen LogP contribution in [0.1, 0.15) is 28.3 Å². The molecule has 0 aliphatic rings. The lowest BCUT2D eigenvalue weighted by molar-refractivity contribution is 0.0699. The number of carboxylic acids is 1. The summed E-state index contributed by atoms with van der Waals surface area (Å²) < 4.78 is 0. The number of thiazole rings is 1. The van der Waals surface area contributed by atoms with E-state index in [9.17, 15) is 9.90 Å². The average molecular weight is 299 g/mol. The van der Waals surface area contributed by atoms with E-state index in [4.69, 9.17) is 0 Å². The lowest BCUT2D eigenvalue weighted by Gasteiger charge is -2.12. The Kier molecular flexibility index (Phi) is 3.53. The average Bonchev–Trinajstić information content (AvgIpc) is 3.00. The number of carbonyl (C=O) groups is 1. The number of hydrogen-bond donors (Lipinski definition) is 2. The van der Waals surface area contributed by atoms with Crippen molar-refractivity contribution < 1.29 is 9.90 Å². The van der Waals surface area contributed by atoms with Gasteiger partial charge in [0.25, 0.3) is 0 Å². The zero-order chi connectivity index (χ0) is 14.8. The van der Waals surface area contributed by atoms with Crippen molar-refractivity contribution in [3.05, 3.63) is 52.5 Å². The molecule has 0 saturated carbocycles. The summed E-state index contributed by atoms with van der Waals surface area (Å²) >= 11 is 1.58. The van der Waals surface area contributed by atoms with E-state index in [1.807, 2.05) is 12.3 Å². The van der Waals surface area contributed by atoms with Crippen molar-refractivity contribution in [2.75, 3.05) is 5.32 Å². The molecule has 0 aliphatic carbocycles. The first-order valence-electron chi connectivity index (χ1n) is 6.44. The summed E-state index contributed by atoms with van der Waals surface area (Å²) in [5.74, 6) is -0.244. The first-order valence-corrected chi connectivity index (χ1v) is 7.32. The second-order valence-corrected chi connectivity index (χ2v) is 5.54. The molecule has 1 atom stereocenters. The maximum Gasteiger partial charge on any atom is 0.336 e. The van der Waals surface area contributed by atoms with Crippen LogP contribution in [0, 0.1) is 0 Å². The van der Waals surface area contributed by atoms with Crippen LogP contribution < -0.4 is 5.32 Å². The molecule has 2 heterocycles. The molecule has 21 heavy (non-hydrogen) atoms. The molecule has 6 heteroatoms. The number of fused-ring (bicyclic) bond motifs is 1. The van der Waals surface area contributed by atoms with Crippen molar-refractivity contribution in [3.8, 4) is 0 Å². The highest BCUT2D eigenvalue weighted by Crippen LogP contribution is 2.23. The smallest absolute Gasteiger partial charge is 0.336 e. The van der Waals surface area contributed by atoms with Crippen molar-refractivity contribution >= 4 is 34.0 Å². The molecule has 106 valence electrons. The number of carboxylic acid groups (broad SMARTS) is 1. The summed E-state index contributed by atoms with van der Waals surface area (Å²) in [5.41, 5.74) is 0.922. The van der Waals surface area contributed by atoms with E-state index in [-0.39, 0.29) is 11.6 Å². The van der Waals surface area contributed by atoms with Gasteiger partial charge in [0.05, 0.1) is 17.1 Å². The quantitative estimate of drug-likeness (QED) is 0.770. The zero-order valence-electron chi connectivity index (χ0n) is 11.3. The van der Waals surface area contributed by atoms with Crippen LogP contribution in [-0.2, 0) is 0 Å². The summed E-state index contributed by atoms with van der Waals surface area (Å²) in [6.45, 7) is 2.01. The van der Waals surface area contributed by atoms with Gasteiger partial charge in [0, 0.05) is 17.0 Å². The minimum absolute atomic E-state index is 0.0533. The highest BCUT2D eigenvalue weighted by molar-refractivity contribution is 7.09. The first kappa shape index (κ1) is 13.5. The number of pyridine rings is 1. The molecule has 0 aliphatic heterocycles. The second kappa shape index (κ2) is 5.49. The fourth-order valence-corrected chi connectivity index (χ4v) is 2.80. The number of anilines is 1. The molecule has 0 radical (unpaired) electrons. The van der Waals surface area contributed by atoms with E-state index in [1.54, 1.807) is 47.9 Å². The monoisotopic (exact) mass is 299 g/mol. The predicted octanol–water partition coefficient (Wildman–Crippen LogP) is 3.56. The molecule has 0 spiro atoms. The van der Waals surface area contributed by atoms with Gasteiger partial charge >= 0.3 is 5.97 Å². The highest BCUT2D eigenvalue weighted by atomic mass is 32.1. The molecule has 0 saturated heterocycles. The molecule has 1 unspecified atom stereocenters. The van der Waals surface area contributed by atoms with E-state index in [0.717, 1.165) is 5.01 Å². The minimum Gasteiger partial charge on any atom is -0.478 e. The van der Waals surface area contributed by atoms with Gasteiger partial charge in [-0.15, -0.1) is 11.3 Å². The Morgan fingerprint density at radius 1 is 1.33 bits per heavy atom. The molecule has 2 aromatic heterocycles. The molecule has 1 aromatic carbocycles. The Bertz CT molecular complexity index is 787. The number of aromatic carboxylic acids is 1. The third kappa shape index (κ3) is 2.71. The second-order valence-electron chi connectivity index (χ2n) is 4.61. The third-order valence-electron chi connectivity index (χ3n) is 3.15. The number of rotatable bonds is 4. The van der Waals surface area contributed by atoms with Crippen LogP contribution in [0.2, 0.25) is 0 Å². The zero-order valence-corrected chi connectivity index (χ0v) is 12.1. The molecular formula is C15H13N3O2S. The van der Waals surface area contributed by atoms with Gasteiger partial charge in [-0.2, -0.15) is 0 Å². The van der Waals surface area contributed by atoms with E-state index < -0.39 is 5.97 Å². The normalized spacial score (nSPS) is 12.2. The van der Waals surface area contributed by atoms with Crippen LogP contribution in [0.5, 0.6) is 0 Å². The lowest BCUT2D eigenvalue weighted by Crippen LogP contribution is -2.07. The maximum atomic E-state index is 11.2. The van der Waals surface area contributed by atoms with Gasteiger partial charge in [-0.1, -0.05) is 6.07 Å². The van der Waals surface area contributed by atoms with Gasteiger partial charge in [0.15, 0.2) is 0 Å². The summed E-state index contributed by atoms with van der Waals surface area (Å²) in [6.07, 6.45) is 1.77. The van der Waals surface area contributed by atoms with Crippen molar-refractivity contribution in [1.82, 2.24) is 9.97 Å². The van der Waals surface area contributed by atoms with Gasteiger partial charge in [-0.3, -0.25) is 0 Å². The van der Waals surface area contributed by atoms with Gasteiger partial charge in [0.1, 0.15) is 10.8 Å². The van der Waals surface area contributed by atoms with Gasteiger partial charge in [-0.25, -0.2) is 14.8 Å². The minimum atomic E-state index is -0.945. The Hall–Kier alpha value is -2.47. The van der Waals surface area contributed by atoms with Crippen LogP contribution in [0.4, 0.5) is 5.82 Å². The topological polar surface area (TPSA) is 75.1 Å². The van der Waals surface area contributed by atoms with Crippen molar-refractivity contribution in [3.63, 3.8) is 0 Å². The molecule has 5 nitrogen and oxygen atoms in total. The van der Waals surface area contributed by atoms with Crippen LogP contribution in [0.25, 0.3) is 10.9 Å². The van der Waals surface area contributed by atoms with Gasteiger partial charge in [0.2, 0.25) is 0 Å². The molecule has 0 bridgehead atoms. The summed E-state index contributed by atoms with van der Waals surface area (Å²) in [6, 6.07) is 8.71. The highest BCUT2D eigenvalue weighted by Gasteiger charge is 2.11. The molecular weight excluding hydrogens is 286 g/mol. The number of nitrogens with zero attached hydrogens (tertiary/aromatic N) is 2. The van der Waals surface area contributed by atoms with Crippen LogP contribution >= 0.6 is 11.3 Å². The van der Waals surface area contributed by atoms with Crippen LogP contribution in [0.3, 0.4) is 0 Å². The fraction of sp³-hybridized carbons (Fsp3) is 0.133. The van der Waals surface area contributed by atoms with Gasteiger partial charge < -0.3 is 10.4 Å². The SMILES string of the molecule is CC(Nc1ccc2c(C(=O)O)cccc2n1)c1nccs1. The van der Waals surface area contributed by atoms with Crippen molar-refractivity contribution in [2.45, 2.75) is 13.0 Å². The molecule has 2 N–H and O–H groups in total. The number of aromatic nitrogens is 2. The Labute approximate surface area is 125 Å². The maximum absolute atomic E-state index is 11.2. The largest absolute Gasteiger partial charge is 0.478 e. The Morgan fingerprint density at radius 3 is 2.90 bits per heavy atom. The Balaban J connectivity index is 1.93. The van der Waals surface area contributed by atoms with E-state index in [0.29, 0.717) is 16.7 Å². The molecule has 0 amide bonds. The standard InChI is InChI=1S/C15H13N3O2S/c1-9(14-16-7-8-21-14)17-13-6-5-10-11(15(19)20)3-2-4-12(10)18-13/h2-9H,1H3,(H,17,18)(H,19,20). The fourth-order valence-electron chi connectivity index (χ4n) is 2.15. The van der Waals surface area contributed by atoms with Crippen molar-refractivity contribution in [2.24, 2.45) is 0 Å². The first-order chi connectivity index (χ1) is 10.1. The van der Waals surface area contributed by atoms with Crippen LogP contribution in [0.15, 0.2) is 41.9 Å². The van der Waals surface area contributed by atoms with E-state index in [2.05, 4.69) is 15.3 Å². The van der Waals surface area contributed by atoms with Crippen molar-refractivity contribution in [1.29, 1.82) is 0 Å². The molecule has 3 aromatic rings. The number of nitrogens with one attached hydrogen (secondary N) is 1. The van der Waals surface area contributed by atoms with Gasteiger partial charge in [-0.05, 0) is 31.2 Å². The molecule has 3 rings (SSSR count). The Morgan fingerprint density at radius 2 is 2.19 bits per heavy atom. The number of hydrogen-bond acceptors (Lipinski definition) is 5. The number of benzene rings is 1. The third-order valence-corrected chi connectivity index (χ3v) is 4.11. The van der Waals surface area contributed by atoms with Crippen LogP contribution in [-0.4, -0.2) is 21.0 Å². The summed E-state index contributed by atoms with van der Waals surface area (Å²) in [4.78, 5) is 19.9. The van der Waals surface area contributed by atoms with E-state index >= 15 is 0 Å². The lowest BCUT2D eigenvalue weighted by atomic mass is 10.1.